The summed E-state index contributed by atoms with van der Waals surface area (Å²) in [6, 6.07) is 11.1. The molecule has 14 heteroatoms. The summed E-state index contributed by atoms with van der Waals surface area (Å²) in [4.78, 5) is 28.1. The van der Waals surface area contributed by atoms with E-state index in [2.05, 4.69) is 32.2 Å². The van der Waals surface area contributed by atoms with Crippen LogP contribution in [0.1, 0.15) is 12.8 Å². The molecule has 0 saturated carbocycles. The molecule has 0 aliphatic carbocycles. The van der Waals surface area contributed by atoms with Crippen LogP contribution in [-0.4, -0.2) is 71.3 Å². The fraction of sp³-hybridized carbons (Fsp3) is 0.312. The normalized spacial score (nSPS) is 15.8. The average molecular weight is 638 g/mol. The van der Waals surface area contributed by atoms with Crippen molar-refractivity contribution in [3.05, 3.63) is 73.5 Å². The molecule has 10 nitrogen and oxygen atoms in total. The van der Waals surface area contributed by atoms with E-state index in [-0.39, 0.29) is 36.5 Å². The number of aromatic nitrogens is 3. The van der Waals surface area contributed by atoms with Crippen LogP contribution in [0.5, 0.6) is 17.2 Å². The summed E-state index contributed by atoms with van der Waals surface area (Å²) in [5, 5.41) is 7.18. The second-order valence-corrected chi connectivity index (χ2v) is 11.1. The molecule has 240 valence electrons. The summed E-state index contributed by atoms with van der Waals surface area (Å²) in [6.07, 6.45) is 1.37. The zero-order valence-corrected chi connectivity index (χ0v) is 24.9. The average Bonchev–Trinajstić information content (AvgIpc) is 3.01. The lowest BCUT2D eigenvalue weighted by Gasteiger charge is -2.40. The van der Waals surface area contributed by atoms with Gasteiger partial charge in [0, 0.05) is 62.0 Å². The molecular formula is C32H31F4N7O3. The molecule has 2 fully saturated rings. The zero-order valence-electron chi connectivity index (χ0n) is 24.9. The van der Waals surface area contributed by atoms with Crippen LogP contribution in [-0.2, 0) is 4.79 Å². The van der Waals surface area contributed by atoms with E-state index in [1.807, 2.05) is 6.07 Å². The summed E-state index contributed by atoms with van der Waals surface area (Å²) < 4.78 is 65.3. The number of hydrogen-bond donors (Lipinski definition) is 2. The number of amides is 1. The van der Waals surface area contributed by atoms with Crippen LogP contribution >= 0.6 is 0 Å². The molecule has 0 spiro atoms. The second kappa shape index (κ2) is 12.7. The van der Waals surface area contributed by atoms with E-state index in [0.717, 1.165) is 18.5 Å². The van der Waals surface area contributed by atoms with Crippen LogP contribution in [0.4, 0.5) is 40.6 Å². The molecule has 0 atom stereocenters. The first-order chi connectivity index (χ1) is 22.1. The van der Waals surface area contributed by atoms with Crippen LogP contribution in [0.3, 0.4) is 0 Å². The number of halogens is 4. The molecular weight excluding hydrogens is 606 g/mol. The Morgan fingerprint density at radius 1 is 1.02 bits per heavy atom. The predicted molar refractivity (Wildman–Crippen MR) is 165 cm³/mol. The second-order valence-electron chi connectivity index (χ2n) is 11.1. The van der Waals surface area contributed by atoms with E-state index in [1.54, 1.807) is 30.2 Å². The van der Waals surface area contributed by atoms with Crippen molar-refractivity contribution in [2.45, 2.75) is 25.1 Å². The number of carbonyl (C=O) groups excluding carboxylic acids is 1. The van der Waals surface area contributed by atoms with Gasteiger partial charge >= 0.3 is 6.18 Å². The lowest BCUT2D eigenvalue weighted by atomic mass is 10.00. The topological polar surface area (TPSA) is 105 Å². The molecule has 2 aromatic carbocycles. The van der Waals surface area contributed by atoms with E-state index < -0.39 is 17.9 Å². The summed E-state index contributed by atoms with van der Waals surface area (Å²) >= 11 is 0. The highest BCUT2D eigenvalue weighted by molar-refractivity contribution is 5.95. The number of likely N-dealkylation sites (tertiary alicyclic amines) is 1. The third-order valence-corrected chi connectivity index (χ3v) is 8.11. The van der Waals surface area contributed by atoms with E-state index in [4.69, 9.17) is 9.47 Å². The number of fused-ring (bicyclic) bond motifs is 1. The molecule has 0 radical (unpaired) electrons. The summed E-state index contributed by atoms with van der Waals surface area (Å²) in [5.41, 5.74) is 1.45. The highest BCUT2D eigenvalue weighted by atomic mass is 19.4. The number of nitrogens with one attached hydrogen (secondary N) is 2. The van der Waals surface area contributed by atoms with Gasteiger partial charge in [-0.05, 0) is 43.2 Å². The number of hydrogen-bond acceptors (Lipinski definition) is 9. The monoisotopic (exact) mass is 637 g/mol. The van der Waals surface area contributed by atoms with Crippen molar-refractivity contribution >= 4 is 39.8 Å². The molecule has 4 aromatic rings. The Bertz CT molecular complexity index is 1760. The highest BCUT2D eigenvalue weighted by Crippen LogP contribution is 2.38. The minimum Gasteiger partial charge on any atom is -0.495 e. The Morgan fingerprint density at radius 3 is 2.48 bits per heavy atom. The van der Waals surface area contributed by atoms with Crippen LogP contribution in [0.2, 0.25) is 0 Å². The SMILES string of the molecule is C=CC(=O)N1CCC(Nc2cc3c(Nc4ccc(Oc5ccnc(N6CC(C(F)(F)F)C6)c5)cc4F)ncnc3cc2OC)CC1. The molecule has 0 unspecified atom stereocenters. The molecule has 2 aliphatic rings. The van der Waals surface area contributed by atoms with Gasteiger partial charge in [0.2, 0.25) is 5.91 Å². The van der Waals surface area contributed by atoms with Gasteiger partial charge in [-0.15, -0.1) is 0 Å². The first-order valence-corrected chi connectivity index (χ1v) is 14.6. The van der Waals surface area contributed by atoms with Gasteiger partial charge in [0.25, 0.3) is 0 Å². The Kier molecular flexibility index (Phi) is 8.52. The Morgan fingerprint density at radius 2 is 1.78 bits per heavy atom. The van der Waals surface area contributed by atoms with Gasteiger partial charge in [-0.1, -0.05) is 6.58 Å². The highest BCUT2D eigenvalue weighted by Gasteiger charge is 2.47. The molecule has 2 aliphatic heterocycles. The number of alkyl halides is 3. The quantitative estimate of drug-likeness (QED) is 0.162. The summed E-state index contributed by atoms with van der Waals surface area (Å²) in [5.74, 6) is -0.253. The van der Waals surface area contributed by atoms with E-state index in [9.17, 15) is 18.0 Å². The number of ether oxygens (including phenoxy) is 2. The van der Waals surface area contributed by atoms with Crippen LogP contribution in [0.25, 0.3) is 10.9 Å². The van der Waals surface area contributed by atoms with Crippen molar-refractivity contribution in [3.63, 3.8) is 0 Å². The largest absolute Gasteiger partial charge is 0.495 e. The number of anilines is 4. The summed E-state index contributed by atoms with van der Waals surface area (Å²) in [7, 11) is 1.57. The maximum absolute atomic E-state index is 15.3. The maximum Gasteiger partial charge on any atom is 0.395 e. The lowest BCUT2D eigenvalue weighted by molar-refractivity contribution is -0.180. The third kappa shape index (κ3) is 6.60. The minimum atomic E-state index is -4.24. The Labute approximate surface area is 262 Å². The van der Waals surface area contributed by atoms with Gasteiger partial charge in [-0.2, -0.15) is 13.2 Å². The molecule has 2 aromatic heterocycles. The van der Waals surface area contributed by atoms with Gasteiger partial charge in [0.1, 0.15) is 41.0 Å². The van der Waals surface area contributed by atoms with Crippen LogP contribution in [0.15, 0.2) is 67.6 Å². The maximum atomic E-state index is 15.3. The van der Waals surface area contributed by atoms with Crippen molar-refractivity contribution in [1.82, 2.24) is 19.9 Å². The Balaban J connectivity index is 1.16. The van der Waals surface area contributed by atoms with Crippen molar-refractivity contribution in [1.29, 1.82) is 0 Å². The van der Waals surface area contributed by atoms with Crippen molar-refractivity contribution in [3.8, 4) is 17.2 Å². The number of pyridine rings is 1. The van der Waals surface area contributed by atoms with Crippen molar-refractivity contribution < 1.29 is 31.8 Å². The fourth-order valence-corrected chi connectivity index (χ4v) is 5.49. The molecule has 0 bridgehead atoms. The van der Waals surface area contributed by atoms with E-state index in [1.165, 1.54) is 41.7 Å². The van der Waals surface area contributed by atoms with E-state index >= 15 is 4.39 Å². The number of carbonyl (C=O) groups is 1. The third-order valence-electron chi connectivity index (χ3n) is 8.11. The number of rotatable bonds is 9. The number of benzene rings is 2. The van der Waals surface area contributed by atoms with Crippen LogP contribution < -0.4 is 25.0 Å². The standard InChI is InChI=1S/C32H31F4N7O3/c1-3-30(44)42-10-7-20(8-11-42)40-27-14-23-26(15-28(27)45-2)38-18-39-31(23)41-25-5-4-21(12-24(25)33)46-22-6-9-37-29(13-22)43-16-19(17-43)32(34,35)36/h3-6,9,12-15,18-20,40H,1,7-8,10-11,16-17H2,2H3,(H,38,39,41). The molecule has 6 rings (SSSR count). The number of methoxy groups -OCH3 is 1. The minimum absolute atomic E-state index is 0.0827. The lowest BCUT2D eigenvalue weighted by Crippen LogP contribution is -2.53. The van der Waals surface area contributed by atoms with Gasteiger partial charge in [-0.3, -0.25) is 4.79 Å². The molecule has 4 heterocycles. The summed E-state index contributed by atoms with van der Waals surface area (Å²) in [6.45, 7) is 4.43. The first-order valence-electron chi connectivity index (χ1n) is 14.6. The zero-order chi connectivity index (χ0) is 32.4. The Hall–Kier alpha value is -5.14. The van der Waals surface area contributed by atoms with Gasteiger partial charge in [0.05, 0.1) is 29.9 Å². The smallest absolute Gasteiger partial charge is 0.395 e. The first kappa shape index (κ1) is 30.9. The predicted octanol–water partition coefficient (Wildman–Crippen LogP) is 6.30. The molecule has 2 N–H and O–H groups in total. The fourth-order valence-electron chi connectivity index (χ4n) is 5.49. The van der Waals surface area contributed by atoms with Gasteiger partial charge in [-0.25, -0.2) is 19.3 Å². The van der Waals surface area contributed by atoms with Crippen LogP contribution in [0, 0.1) is 11.7 Å². The molecule has 46 heavy (non-hydrogen) atoms. The van der Waals surface area contributed by atoms with Gasteiger partial charge < -0.3 is 29.9 Å². The van der Waals surface area contributed by atoms with Crippen molar-refractivity contribution in [2.75, 3.05) is 48.8 Å². The van der Waals surface area contributed by atoms with E-state index in [0.29, 0.717) is 47.1 Å². The molecule has 1 amide bonds. The number of piperidine rings is 1. The van der Waals surface area contributed by atoms with Crippen molar-refractivity contribution in [2.24, 2.45) is 5.92 Å². The van der Waals surface area contributed by atoms with Gasteiger partial charge in [0.15, 0.2) is 0 Å². The number of nitrogens with zero attached hydrogens (tertiary/aromatic N) is 5. The molecule has 2 saturated heterocycles.